The van der Waals surface area contributed by atoms with E-state index in [0.29, 0.717) is 10.8 Å². The van der Waals surface area contributed by atoms with Crippen LogP contribution in [0.1, 0.15) is 24.4 Å². The highest BCUT2D eigenvalue weighted by molar-refractivity contribution is 7.91. The molecule has 2 aromatic rings. The number of nitrogens with zero attached hydrogens (tertiary/aromatic N) is 3. The third kappa shape index (κ3) is 2.76. The molecule has 1 atom stereocenters. The molecule has 118 valence electrons. The Morgan fingerprint density at radius 1 is 1.36 bits per heavy atom. The Morgan fingerprint density at radius 3 is 2.86 bits per heavy atom. The fraction of sp³-hybridized carbons (Fsp3) is 0.400. The van der Waals surface area contributed by atoms with Crippen LogP contribution in [0.25, 0.3) is 0 Å². The highest BCUT2D eigenvalue weighted by Crippen LogP contribution is 2.37. The molecule has 0 saturated carbocycles. The number of sulfonamides is 1. The Morgan fingerprint density at radius 2 is 2.18 bits per heavy atom. The first kappa shape index (κ1) is 15.5. The summed E-state index contributed by atoms with van der Waals surface area (Å²) >= 11 is 1.27. The van der Waals surface area contributed by atoms with Crippen molar-refractivity contribution in [2.75, 3.05) is 25.5 Å². The molecule has 22 heavy (non-hydrogen) atoms. The van der Waals surface area contributed by atoms with E-state index in [2.05, 4.69) is 4.98 Å². The monoisotopic (exact) mass is 337 g/mol. The molecular weight excluding hydrogens is 318 g/mol. The number of hydrogen-bond donors (Lipinski definition) is 0. The second kappa shape index (κ2) is 5.98. The van der Waals surface area contributed by atoms with Gasteiger partial charge in [-0.25, -0.2) is 13.4 Å². The number of aromatic nitrogens is 1. The molecule has 5 nitrogen and oxygen atoms in total. The molecule has 2 aromatic heterocycles. The van der Waals surface area contributed by atoms with Crippen molar-refractivity contribution >= 4 is 27.2 Å². The molecule has 7 heteroatoms. The molecule has 3 rings (SSSR count). The molecule has 1 fully saturated rings. The van der Waals surface area contributed by atoms with E-state index in [1.807, 2.05) is 31.1 Å². The number of hydrogen-bond acceptors (Lipinski definition) is 5. The van der Waals surface area contributed by atoms with Gasteiger partial charge in [-0.05, 0) is 42.0 Å². The van der Waals surface area contributed by atoms with Crippen molar-refractivity contribution in [2.24, 2.45) is 0 Å². The van der Waals surface area contributed by atoms with Gasteiger partial charge in [-0.1, -0.05) is 6.07 Å². The zero-order chi connectivity index (χ0) is 15.7. The lowest BCUT2D eigenvalue weighted by atomic mass is 10.1. The molecule has 0 bridgehead atoms. The lowest BCUT2D eigenvalue weighted by Crippen LogP contribution is -2.30. The van der Waals surface area contributed by atoms with Crippen molar-refractivity contribution in [3.63, 3.8) is 0 Å². The first-order valence-corrected chi connectivity index (χ1v) is 9.51. The highest BCUT2D eigenvalue weighted by Gasteiger charge is 2.36. The second-order valence-electron chi connectivity index (χ2n) is 5.55. The number of rotatable bonds is 4. The molecule has 1 aliphatic heterocycles. The highest BCUT2D eigenvalue weighted by atomic mass is 32.2. The van der Waals surface area contributed by atoms with Crippen LogP contribution in [-0.4, -0.2) is 38.3 Å². The summed E-state index contributed by atoms with van der Waals surface area (Å²) in [5.41, 5.74) is 1.01. The Labute approximate surface area is 135 Å². The second-order valence-corrected chi connectivity index (χ2v) is 8.61. The fourth-order valence-electron chi connectivity index (χ4n) is 2.77. The number of anilines is 1. The molecule has 0 amide bonds. The summed E-state index contributed by atoms with van der Waals surface area (Å²) in [7, 11) is 0.455. The van der Waals surface area contributed by atoms with Crippen LogP contribution in [-0.2, 0) is 10.0 Å². The molecule has 3 heterocycles. The minimum Gasteiger partial charge on any atom is -0.363 e. The molecule has 0 N–H and O–H groups in total. The lowest BCUT2D eigenvalue weighted by Gasteiger charge is -2.24. The van der Waals surface area contributed by atoms with Crippen LogP contribution in [0.4, 0.5) is 5.82 Å². The van der Waals surface area contributed by atoms with Gasteiger partial charge in [-0.3, -0.25) is 0 Å². The summed E-state index contributed by atoms with van der Waals surface area (Å²) in [6.45, 7) is 0.574. The zero-order valence-corrected chi connectivity index (χ0v) is 14.3. The number of thiophene rings is 1. The Kier molecular flexibility index (Phi) is 4.20. The maximum absolute atomic E-state index is 12.8. The molecule has 0 aliphatic carbocycles. The third-order valence-corrected chi connectivity index (χ3v) is 7.16. The predicted octanol–water partition coefficient (Wildman–Crippen LogP) is 2.73. The Balaban J connectivity index is 1.96. The van der Waals surface area contributed by atoms with Gasteiger partial charge >= 0.3 is 0 Å². The van der Waals surface area contributed by atoms with Gasteiger partial charge in [-0.15, -0.1) is 11.3 Å². The maximum atomic E-state index is 12.8. The van der Waals surface area contributed by atoms with Gasteiger partial charge in [-0.2, -0.15) is 4.31 Å². The van der Waals surface area contributed by atoms with Crippen molar-refractivity contribution in [3.8, 4) is 0 Å². The molecule has 1 saturated heterocycles. The van der Waals surface area contributed by atoms with E-state index in [9.17, 15) is 8.42 Å². The average molecular weight is 337 g/mol. The fourth-order valence-corrected chi connectivity index (χ4v) is 5.57. The summed E-state index contributed by atoms with van der Waals surface area (Å²) in [6.07, 6.45) is 3.48. The summed E-state index contributed by atoms with van der Waals surface area (Å²) in [5.74, 6) is 0.845. The van der Waals surface area contributed by atoms with Crippen LogP contribution < -0.4 is 4.90 Å². The lowest BCUT2D eigenvalue weighted by molar-refractivity contribution is 0.397. The predicted molar refractivity (Wildman–Crippen MR) is 88.7 cm³/mol. The van der Waals surface area contributed by atoms with E-state index in [1.54, 1.807) is 28.0 Å². The minimum atomic E-state index is -3.41. The van der Waals surface area contributed by atoms with Crippen molar-refractivity contribution in [2.45, 2.75) is 23.1 Å². The first-order chi connectivity index (χ1) is 10.5. The van der Waals surface area contributed by atoms with Crippen molar-refractivity contribution in [1.29, 1.82) is 0 Å². The average Bonchev–Trinajstić information content (AvgIpc) is 3.19. The molecule has 0 aromatic carbocycles. The number of pyridine rings is 1. The van der Waals surface area contributed by atoms with Crippen LogP contribution in [0.2, 0.25) is 0 Å². The van der Waals surface area contributed by atoms with Crippen molar-refractivity contribution in [3.05, 3.63) is 41.4 Å². The van der Waals surface area contributed by atoms with E-state index >= 15 is 0 Å². The summed E-state index contributed by atoms with van der Waals surface area (Å²) < 4.78 is 27.7. The van der Waals surface area contributed by atoms with Crippen molar-refractivity contribution in [1.82, 2.24) is 9.29 Å². The Hall–Kier alpha value is -1.44. The molecule has 1 aliphatic rings. The van der Waals surface area contributed by atoms with E-state index in [1.165, 1.54) is 11.3 Å². The smallest absolute Gasteiger partial charge is 0.253 e. The van der Waals surface area contributed by atoms with Gasteiger partial charge in [0.25, 0.3) is 10.0 Å². The van der Waals surface area contributed by atoms with E-state index in [4.69, 9.17) is 0 Å². The van der Waals surface area contributed by atoms with Crippen molar-refractivity contribution < 1.29 is 8.42 Å². The summed E-state index contributed by atoms with van der Waals surface area (Å²) in [5, 5.41) is 1.80. The minimum absolute atomic E-state index is 0.103. The van der Waals surface area contributed by atoms with Gasteiger partial charge in [0.1, 0.15) is 10.0 Å². The summed E-state index contributed by atoms with van der Waals surface area (Å²) in [6, 6.07) is 7.24. The van der Waals surface area contributed by atoms with Crippen LogP contribution in [0.3, 0.4) is 0 Å². The first-order valence-electron chi connectivity index (χ1n) is 7.19. The maximum Gasteiger partial charge on any atom is 0.253 e. The largest absolute Gasteiger partial charge is 0.363 e. The standard InChI is InChI=1S/C15H19N3O2S2/c1-17(2)14-11-12(7-8-16-14)13-5-3-9-18(13)22(19,20)15-6-4-10-21-15/h4,6-8,10-11,13H,3,5,9H2,1-2H3/t13-/m1/s1. The van der Waals surface area contributed by atoms with Crippen LogP contribution in [0.5, 0.6) is 0 Å². The van der Waals surface area contributed by atoms with E-state index < -0.39 is 10.0 Å². The molecule has 0 radical (unpaired) electrons. The SMILES string of the molecule is CN(C)c1cc([C@H]2CCCN2S(=O)(=O)c2cccs2)ccn1. The topological polar surface area (TPSA) is 53.5 Å². The van der Waals surface area contributed by atoms with Gasteiger partial charge < -0.3 is 4.90 Å². The van der Waals surface area contributed by atoms with Gasteiger partial charge in [0.15, 0.2) is 0 Å². The molecule has 0 unspecified atom stereocenters. The van der Waals surface area contributed by atoms with Crippen LogP contribution in [0.15, 0.2) is 40.1 Å². The van der Waals surface area contributed by atoms with E-state index in [-0.39, 0.29) is 6.04 Å². The molecule has 0 spiro atoms. The van der Waals surface area contributed by atoms with Gasteiger partial charge in [0.05, 0.1) is 6.04 Å². The van der Waals surface area contributed by atoms with Gasteiger partial charge in [0.2, 0.25) is 0 Å². The Bertz CT molecular complexity index is 742. The van der Waals surface area contributed by atoms with Crippen LogP contribution in [0, 0.1) is 0 Å². The van der Waals surface area contributed by atoms with Gasteiger partial charge in [0, 0.05) is 26.8 Å². The summed E-state index contributed by atoms with van der Waals surface area (Å²) in [4.78, 5) is 6.23. The normalized spacial score (nSPS) is 19.5. The quantitative estimate of drug-likeness (QED) is 0.861. The third-order valence-electron chi connectivity index (χ3n) is 3.87. The molecular formula is C15H19N3O2S2. The van der Waals surface area contributed by atoms with Crippen LogP contribution >= 0.6 is 11.3 Å². The van der Waals surface area contributed by atoms with E-state index in [0.717, 1.165) is 24.2 Å². The zero-order valence-electron chi connectivity index (χ0n) is 12.6.